The predicted molar refractivity (Wildman–Crippen MR) is 79.7 cm³/mol. The molecule has 1 aromatic carbocycles. The van der Waals surface area contributed by atoms with Crippen molar-refractivity contribution in [2.75, 3.05) is 33.3 Å². The Kier molecular flexibility index (Phi) is 5.47. The maximum absolute atomic E-state index is 11.1. The molecule has 1 fully saturated rings. The van der Waals surface area contributed by atoms with Crippen LogP contribution in [-0.2, 0) is 11.3 Å². The average molecular weight is 344 g/mol. The summed E-state index contributed by atoms with van der Waals surface area (Å²) in [5, 5.41) is 14.4. The van der Waals surface area contributed by atoms with Crippen LogP contribution in [-0.4, -0.2) is 49.2 Å². The van der Waals surface area contributed by atoms with E-state index in [4.69, 9.17) is 4.74 Å². The number of nitro groups is 1. The first kappa shape index (κ1) is 15.4. The van der Waals surface area contributed by atoms with E-state index < -0.39 is 0 Å². The monoisotopic (exact) mass is 343 g/mol. The van der Waals surface area contributed by atoms with E-state index in [1.807, 2.05) is 18.0 Å². The lowest BCUT2D eigenvalue weighted by atomic mass is 10.1. The highest BCUT2D eigenvalue weighted by Gasteiger charge is 2.19. The minimum Gasteiger partial charge on any atom is -0.374 e. The number of nitrogens with zero attached hydrogens (tertiary/aromatic N) is 2. The molecule has 0 radical (unpaired) electrons. The molecule has 0 bridgehead atoms. The van der Waals surface area contributed by atoms with Crippen LogP contribution in [0.5, 0.6) is 0 Å². The summed E-state index contributed by atoms with van der Waals surface area (Å²) in [6, 6.07) is 5.16. The van der Waals surface area contributed by atoms with Crippen LogP contribution in [0.4, 0.5) is 5.69 Å². The molecule has 1 aliphatic heterocycles. The van der Waals surface area contributed by atoms with E-state index >= 15 is 0 Å². The van der Waals surface area contributed by atoms with Gasteiger partial charge in [0.15, 0.2) is 0 Å². The molecule has 1 aliphatic rings. The van der Waals surface area contributed by atoms with Gasteiger partial charge in [-0.25, -0.2) is 0 Å². The van der Waals surface area contributed by atoms with E-state index in [0.29, 0.717) is 12.1 Å². The van der Waals surface area contributed by atoms with Gasteiger partial charge in [0.05, 0.1) is 17.6 Å². The fraction of sp³-hybridized carbons (Fsp3) is 0.538. The Morgan fingerprint density at radius 3 is 3.05 bits per heavy atom. The highest BCUT2D eigenvalue weighted by atomic mass is 79.9. The van der Waals surface area contributed by atoms with Crippen LogP contribution in [0.15, 0.2) is 22.7 Å². The molecular formula is C13H18BrN3O3. The molecule has 2 rings (SSSR count). The number of morpholine rings is 1. The summed E-state index contributed by atoms with van der Waals surface area (Å²) in [5.41, 5.74) is 0.860. The summed E-state index contributed by atoms with van der Waals surface area (Å²) in [6.45, 7) is 3.71. The first-order valence-corrected chi connectivity index (χ1v) is 7.29. The van der Waals surface area contributed by atoms with Crippen LogP contribution < -0.4 is 5.32 Å². The zero-order chi connectivity index (χ0) is 14.5. The van der Waals surface area contributed by atoms with Crippen LogP contribution in [0, 0.1) is 10.1 Å². The number of likely N-dealkylation sites (N-methyl/N-ethyl adjacent to an activating group) is 1. The van der Waals surface area contributed by atoms with Crippen molar-refractivity contribution in [3.8, 4) is 0 Å². The van der Waals surface area contributed by atoms with Gasteiger partial charge in [0.1, 0.15) is 0 Å². The average Bonchev–Trinajstić information content (AvgIpc) is 2.41. The molecule has 1 aromatic rings. The van der Waals surface area contributed by atoms with E-state index in [2.05, 4.69) is 21.2 Å². The summed E-state index contributed by atoms with van der Waals surface area (Å²) >= 11 is 3.26. The summed E-state index contributed by atoms with van der Waals surface area (Å²) in [5.74, 6) is 0. The van der Waals surface area contributed by atoms with Gasteiger partial charge in [0, 0.05) is 42.3 Å². The number of ether oxygens (including phenoxy) is 1. The molecule has 1 N–H and O–H groups in total. The molecule has 0 spiro atoms. The summed E-state index contributed by atoms with van der Waals surface area (Å²) < 4.78 is 6.36. The fourth-order valence-corrected chi connectivity index (χ4v) is 2.63. The molecule has 0 saturated carbocycles. The minimum absolute atomic E-state index is 0.142. The van der Waals surface area contributed by atoms with Gasteiger partial charge in [-0.15, -0.1) is 0 Å². The van der Waals surface area contributed by atoms with E-state index in [-0.39, 0.29) is 16.7 Å². The van der Waals surface area contributed by atoms with Gasteiger partial charge in [-0.1, -0.05) is 15.9 Å². The Labute approximate surface area is 126 Å². The topological polar surface area (TPSA) is 67.6 Å². The molecule has 7 heteroatoms. The molecule has 1 heterocycles. The molecule has 0 aliphatic carbocycles. The molecule has 1 atom stereocenters. The standard InChI is InChI=1S/C13H18BrN3O3/c1-16(9-12-7-15-4-5-20-12)8-10-2-3-11(14)6-13(10)17(18)19/h2-3,6,12,15H,4-5,7-9H2,1H3. The van der Waals surface area contributed by atoms with Gasteiger partial charge in [-0.05, 0) is 19.2 Å². The quantitative estimate of drug-likeness (QED) is 0.651. The van der Waals surface area contributed by atoms with Gasteiger partial charge >= 0.3 is 0 Å². The van der Waals surface area contributed by atoms with Gasteiger partial charge < -0.3 is 10.1 Å². The van der Waals surface area contributed by atoms with Crippen molar-refractivity contribution in [3.05, 3.63) is 38.3 Å². The van der Waals surface area contributed by atoms with Gasteiger partial charge in [-0.2, -0.15) is 0 Å². The minimum atomic E-state index is -0.341. The lowest BCUT2D eigenvalue weighted by molar-refractivity contribution is -0.385. The first-order valence-electron chi connectivity index (χ1n) is 6.50. The maximum Gasteiger partial charge on any atom is 0.275 e. The number of hydrogen-bond donors (Lipinski definition) is 1. The van der Waals surface area contributed by atoms with Crippen molar-refractivity contribution in [2.45, 2.75) is 12.6 Å². The van der Waals surface area contributed by atoms with Crippen molar-refractivity contribution in [3.63, 3.8) is 0 Å². The molecule has 0 aromatic heterocycles. The van der Waals surface area contributed by atoms with E-state index in [1.165, 1.54) is 0 Å². The third-order valence-corrected chi connectivity index (χ3v) is 3.70. The van der Waals surface area contributed by atoms with Crippen LogP contribution in [0.3, 0.4) is 0 Å². The molecule has 6 nitrogen and oxygen atoms in total. The van der Waals surface area contributed by atoms with Crippen molar-refractivity contribution >= 4 is 21.6 Å². The Bertz CT molecular complexity index is 478. The Balaban J connectivity index is 1.99. The van der Waals surface area contributed by atoms with Crippen LogP contribution in [0.2, 0.25) is 0 Å². The number of halogens is 1. The number of hydrogen-bond acceptors (Lipinski definition) is 5. The second-order valence-electron chi connectivity index (χ2n) is 4.92. The van der Waals surface area contributed by atoms with Crippen molar-refractivity contribution in [1.29, 1.82) is 0 Å². The van der Waals surface area contributed by atoms with Gasteiger partial charge in [0.2, 0.25) is 0 Å². The van der Waals surface area contributed by atoms with Gasteiger partial charge in [0.25, 0.3) is 5.69 Å². The number of benzene rings is 1. The molecule has 0 amide bonds. The normalized spacial score (nSPS) is 19.2. The number of nitro benzene ring substituents is 1. The van der Waals surface area contributed by atoms with Crippen LogP contribution in [0.25, 0.3) is 0 Å². The molecule has 20 heavy (non-hydrogen) atoms. The smallest absolute Gasteiger partial charge is 0.275 e. The molecule has 1 unspecified atom stereocenters. The summed E-state index contributed by atoms with van der Waals surface area (Å²) in [6.07, 6.45) is 0.142. The molecular weight excluding hydrogens is 326 g/mol. The maximum atomic E-state index is 11.1. The van der Waals surface area contributed by atoms with Crippen LogP contribution in [0.1, 0.15) is 5.56 Å². The van der Waals surface area contributed by atoms with E-state index in [1.54, 1.807) is 12.1 Å². The third kappa shape index (κ3) is 4.24. The number of rotatable bonds is 5. The highest BCUT2D eigenvalue weighted by molar-refractivity contribution is 9.10. The lowest BCUT2D eigenvalue weighted by Crippen LogP contribution is -2.44. The van der Waals surface area contributed by atoms with Crippen molar-refractivity contribution in [1.82, 2.24) is 10.2 Å². The first-order chi connectivity index (χ1) is 9.56. The zero-order valence-electron chi connectivity index (χ0n) is 11.3. The Morgan fingerprint density at radius 1 is 1.60 bits per heavy atom. The lowest BCUT2D eigenvalue weighted by Gasteiger charge is -2.27. The second kappa shape index (κ2) is 7.12. The van der Waals surface area contributed by atoms with E-state index in [0.717, 1.165) is 30.7 Å². The largest absolute Gasteiger partial charge is 0.374 e. The van der Waals surface area contributed by atoms with Crippen molar-refractivity contribution < 1.29 is 9.66 Å². The van der Waals surface area contributed by atoms with Gasteiger partial charge in [-0.3, -0.25) is 15.0 Å². The zero-order valence-corrected chi connectivity index (χ0v) is 12.9. The summed E-state index contributed by atoms with van der Waals surface area (Å²) in [4.78, 5) is 12.8. The molecule has 110 valence electrons. The Morgan fingerprint density at radius 2 is 2.40 bits per heavy atom. The highest BCUT2D eigenvalue weighted by Crippen LogP contribution is 2.24. The third-order valence-electron chi connectivity index (χ3n) is 3.20. The summed E-state index contributed by atoms with van der Waals surface area (Å²) in [7, 11) is 1.95. The second-order valence-corrected chi connectivity index (χ2v) is 5.84. The van der Waals surface area contributed by atoms with E-state index in [9.17, 15) is 10.1 Å². The van der Waals surface area contributed by atoms with Crippen molar-refractivity contribution in [2.24, 2.45) is 0 Å². The predicted octanol–water partition coefficient (Wildman–Crippen LogP) is 1.78. The fourth-order valence-electron chi connectivity index (χ4n) is 2.28. The van der Waals surface area contributed by atoms with Crippen LogP contribution >= 0.6 is 15.9 Å². The number of nitrogens with one attached hydrogen (secondary N) is 1. The molecule has 1 saturated heterocycles. The SMILES string of the molecule is CN(Cc1ccc(Br)cc1[N+](=O)[O-])CC1CNCCO1. The Hall–Kier alpha value is -1.02.